The van der Waals surface area contributed by atoms with Crippen LogP contribution in [0, 0.1) is 18.6 Å². The van der Waals surface area contributed by atoms with Gasteiger partial charge in [0.15, 0.2) is 0 Å². The van der Waals surface area contributed by atoms with Crippen molar-refractivity contribution in [2.24, 2.45) is 0 Å². The zero-order valence-electron chi connectivity index (χ0n) is 7.61. The second-order valence-corrected chi connectivity index (χ2v) is 3.83. The summed E-state index contributed by atoms with van der Waals surface area (Å²) in [5.74, 6) is -1.25. The fourth-order valence-electron chi connectivity index (χ4n) is 1.34. The second-order valence-electron chi connectivity index (χ2n) is 3.08. The van der Waals surface area contributed by atoms with Gasteiger partial charge in [-0.05, 0) is 19.1 Å². The van der Waals surface area contributed by atoms with Gasteiger partial charge in [0, 0.05) is 0 Å². The number of pyridine rings is 1. The van der Waals surface area contributed by atoms with Gasteiger partial charge >= 0.3 is 0 Å². The normalized spacial score (nSPS) is 11.0. The first-order chi connectivity index (χ1) is 7.02. The van der Waals surface area contributed by atoms with Gasteiger partial charge in [0.05, 0.1) is 21.1 Å². The number of nitrogens with zero attached hydrogens (tertiary/aromatic N) is 1. The van der Waals surface area contributed by atoms with Crippen LogP contribution in [-0.2, 0) is 0 Å². The van der Waals surface area contributed by atoms with Crippen LogP contribution in [0.15, 0.2) is 12.1 Å². The van der Waals surface area contributed by atoms with Crippen LogP contribution >= 0.6 is 23.2 Å². The Morgan fingerprint density at radius 1 is 1.07 bits per heavy atom. The van der Waals surface area contributed by atoms with E-state index in [1.165, 1.54) is 0 Å². The number of benzene rings is 1. The fraction of sp³-hybridized carbons (Fsp3) is 0.100. The predicted molar refractivity (Wildman–Crippen MR) is 56.4 cm³/mol. The molecule has 0 N–H and O–H groups in total. The molecule has 0 fully saturated rings. The van der Waals surface area contributed by atoms with Gasteiger partial charge in [0.2, 0.25) is 0 Å². The van der Waals surface area contributed by atoms with Crippen molar-refractivity contribution in [3.05, 3.63) is 39.5 Å². The minimum atomic E-state index is -0.634. The summed E-state index contributed by atoms with van der Waals surface area (Å²) in [6.45, 7) is 1.58. The Hall–Kier alpha value is -0.930. The van der Waals surface area contributed by atoms with Crippen LogP contribution < -0.4 is 0 Å². The maximum absolute atomic E-state index is 13.4. The van der Waals surface area contributed by atoms with Gasteiger partial charge in [0.1, 0.15) is 17.2 Å². The van der Waals surface area contributed by atoms with E-state index >= 15 is 0 Å². The van der Waals surface area contributed by atoms with Crippen LogP contribution in [0.3, 0.4) is 0 Å². The molecule has 0 amide bonds. The summed E-state index contributed by atoms with van der Waals surface area (Å²) in [4.78, 5) is 3.86. The third-order valence-corrected chi connectivity index (χ3v) is 3.02. The summed E-state index contributed by atoms with van der Waals surface area (Å²) >= 11 is 11.6. The number of halogens is 4. The van der Waals surface area contributed by atoms with Crippen molar-refractivity contribution in [1.29, 1.82) is 0 Å². The molecule has 0 spiro atoms. The van der Waals surface area contributed by atoms with Crippen molar-refractivity contribution in [3.63, 3.8) is 0 Å². The van der Waals surface area contributed by atoms with Crippen molar-refractivity contribution in [2.45, 2.75) is 6.92 Å². The molecule has 1 nitrogen and oxygen atoms in total. The number of hydrogen-bond acceptors (Lipinski definition) is 1. The van der Waals surface area contributed by atoms with Gasteiger partial charge < -0.3 is 0 Å². The number of hydrogen-bond donors (Lipinski definition) is 0. The molecule has 0 bridgehead atoms. The Morgan fingerprint density at radius 3 is 2.33 bits per heavy atom. The second kappa shape index (κ2) is 3.58. The van der Waals surface area contributed by atoms with Gasteiger partial charge in [-0.1, -0.05) is 23.2 Å². The molecule has 15 heavy (non-hydrogen) atoms. The highest BCUT2D eigenvalue weighted by atomic mass is 35.5. The Kier molecular flexibility index (Phi) is 2.52. The maximum Gasteiger partial charge on any atom is 0.149 e. The molecule has 78 valence electrons. The predicted octanol–water partition coefficient (Wildman–Crippen LogP) is 4.13. The van der Waals surface area contributed by atoms with Gasteiger partial charge in [0.25, 0.3) is 0 Å². The van der Waals surface area contributed by atoms with E-state index < -0.39 is 11.6 Å². The van der Waals surface area contributed by atoms with Crippen molar-refractivity contribution >= 4 is 34.1 Å². The molecule has 0 saturated heterocycles. The van der Waals surface area contributed by atoms with E-state index in [0.29, 0.717) is 5.69 Å². The van der Waals surface area contributed by atoms with E-state index in [4.69, 9.17) is 23.2 Å². The smallest absolute Gasteiger partial charge is 0.149 e. The number of aryl methyl sites for hydroxylation is 1. The maximum atomic E-state index is 13.4. The zero-order valence-corrected chi connectivity index (χ0v) is 9.13. The molecule has 0 aliphatic rings. The fourth-order valence-corrected chi connectivity index (χ4v) is 1.80. The lowest BCUT2D eigenvalue weighted by Crippen LogP contribution is -1.93. The lowest BCUT2D eigenvalue weighted by molar-refractivity contribution is 0.615. The van der Waals surface area contributed by atoms with Gasteiger partial charge in [-0.15, -0.1) is 0 Å². The SMILES string of the molecule is Cc1nc2c(F)ccc(F)c2c(Cl)c1Cl. The third-order valence-electron chi connectivity index (χ3n) is 2.09. The molecule has 2 rings (SSSR count). The minimum absolute atomic E-state index is 0.00355. The molecule has 0 unspecified atom stereocenters. The lowest BCUT2D eigenvalue weighted by atomic mass is 10.2. The van der Waals surface area contributed by atoms with E-state index in [2.05, 4.69) is 4.98 Å². The average molecular weight is 248 g/mol. The largest absolute Gasteiger partial charge is 0.248 e. The quantitative estimate of drug-likeness (QED) is 0.683. The van der Waals surface area contributed by atoms with Crippen molar-refractivity contribution < 1.29 is 8.78 Å². The van der Waals surface area contributed by atoms with Crippen LogP contribution in [0.2, 0.25) is 10.0 Å². The summed E-state index contributed by atoms with van der Waals surface area (Å²) in [7, 11) is 0. The van der Waals surface area contributed by atoms with Gasteiger partial charge in [-0.3, -0.25) is 0 Å². The van der Waals surface area contributed by atoms with E-state index in [0.717, 1.165) is 12.1 Å². The van der Waals surface area contributed by atoms with Crippen LogP contribution in [0.25, 0.3) is 10.9 Å². The molecular formula is C10H5Cl2F2N. The molecule has 1 aromatic carbocycles. The van der Waals surface area contributed by atoms with E-state index in [9.17, 15) is 8.78 Å². The van der Waals surface area contributed by atoms with E-state index in [-0.39, 0.29) is 20.9 Å². The van der Waals surface area contributed by atoms with Crippen LogP contribution in [-0.4, -0.2) is 4.98 Å². The summed E-state index contributed by atoms with van der Waals surface area (Å²) in [6.07, 6.45) is 0. The Balaban J connectivity index is 3.04. The molecule has 1 heterocycles. The highest BCUT2D eigenvalue weighted by molar-refractivity contribution is 6.45. The van der Waals surface area contributed by atoms with Crippen LogP contribution in [0.1, 0.15) is 5.69 Å². The number of rotatable bonds is 0. The van der Waals surface area contributed by atoms with E-state index in [1.54, 1.807) is 6.92 Å². The number of fused-ring (bicyclic) bond motifs is 1. The van der Waals surface area contributed by atoms with Crippen LogP contribution in [0.5, 0.6) is 0 Å². The first-order valence-corrected chi connectivity index (χ1v) is 4.87. The summed E-state index contributed by atoms with van der Waals surface area (Å²) in [6, 6.07) is 2.01. The monoisotopic (exact) mass is 247 g/mol. The standard InChI is InChI=1S/C10H5Cl2F2N/c1-4-8(11)9(12)7-5(13)2-3-6(14)10(7)15-4/h2-3H,1H3. The van der Waals surface area contributed by atoms with Gasteiger partial charge in [-0.25, -0.2) is 13.8 Å². The molecular weight excluding hydrogens is 243 g/mol. The Morgan fingerprint density at radius 2 is 1.67 bits per heavy atom. The Bertz CT molecular complexity index is 555. The Labute approximate surface area is 94.6 Å². The molecule has 0 radical (unpaired) electrons. The van der Waals surface area contributed by atoms with Crippen molar-refractivity contribution in [1.82, 2.24) is 4.98 Å². The van der Waals surface area contributed by atoms with Crippen LogP contribution in [0.4, 0.5) is 8.78 Å². The summed E-state index contributed by atoms with van der Waals surface area (Å²) in [5, 5.41) is 0.0668. The molecule has 5 heteroatoms. The molecule has 0 atom stereocenters. The first-order valence-electron chi connectivity index (χ1n) is 4.11. The molecule has 0 aliphatic carbocycles. The first kappa shape index (κ1) is 10.6. The van der Waals surface area contributed by atoms with Gasteiger partial charge in [-0.2, -0.15) is 0 Å². The average Bonchev–Trinajstić information content (AvgIpc) is 2.20. The zero-order chi connectivity index (χ0) is 11.2. The topological polar surface area (TPSA) is 12.9 Å². The lowest BCUT2D eigenvalue weighted by Gasteiger charge is -2.06. The highest BCUT2D eigenvalue weighted by Crippen LogP contribution is 2.34. The molecule has 1 aromatic heterocycles. The summed E-state index contributed by atoms with van der Waals surface area (Å²) < 4.78 is 26.7. The van der Waals surface area contributed by atoms with Crippen molar-refractivity contribution in [3.8, 4) is 0 Å². The van der Waals surface area contributed by atoms with E-state index in [1.807, 2.05) is 0 Å². The highest BCUT2D eigenvalue weighted by Gasteiger charge is 2.15. The summed E-state index contributed by atoms with van der Waals surface area (Å²) in [5.41, 5.74) is 0.278. The number of aromatic nitrogens is 1. The molecule has 2 aromatic rings. The third kappa shape index (κ3) is 1.56. The molecule has 0 saturated carbocycles. The minimum Gasteiger partial charge on any atom is -0.248 e. The molecule has 0 aliphatic heterocycles. The van der Waals surface area contributed by atoms with Crippen molar-refractivity contribution in [2.75, 3.05) is 0 Å².